The van der Waals surface area contributed by atoms with Gasteiger partial charge in [0.15, 0.2) is 5.82 Å². The summed E-state index contributed by atoms with van der Waals surface area (Å²) < 4.78 is 27.8. The molecule has 0 saturated carbocycles. The maximum Gasteiger partial charge on any atom is 0.158 e. The first-order chi connectivity index (χ1) is 18.7. The van der Waals surface area contributed by atoms with Gasteiger partial charge in [-0.15, -0.1) is 0 Å². The molecule has 3 aromatic rings. The molecule has 0 unspecified atom stereocenters. The third kappa shape index (κ3) is 6.33. The molecule has 1 atom stereocenters. The van der Waals surface area contributed by atoms with Crippen LogP contribution in [0.5, 0.6) is 0 Å². The van der Waals surface area contributed by atoms with E-state index < -0.39 is 17.0 Å². The molecule has 0 radical (unpaired) electrons. The van der Waals surface area contributed by atoms with Gasteiger partial charge < -0.3 is 10.2 Å². The van der Waals surface area contributed by atoms with Crippen molar-refractivity contribution < 1.29 is 13.6 Å². The summed E-state index contributed by atoms with van der Waals surface area (Å²) in [5, 5.41) is 14.8. The van der Waals surface area contributed by atoms with Crippen LogP contribution in [0.15, 0.2) is 48.8 Å². The lowest BCUT2D eigenvalue weighted by Crippen LogP contribution is -2.43. The zero-order valence-electron chi connectivity index (χ0n) is 22.5. The first kappa shape index (κ1) is 26.9. The second kappa shape index (κ2) is 11.2. The van der Waals surface area contributed by atoms with Gasteiger partial charge in [-0.1, -0.05) is 6.07 Å². The molecule has 2 aliphatic rings. The SMILES string of the molecule is CN1CCN(Cc2cc(Nc3cc(N4OCC[C@@H]4c4cc(F)cc(F)c4)ncn3)cc(C(C)(C)C#N)c2)CC1. The van der Waals surface area contributed by atoms with Crippen LogP contribution in [0.3, 0.4) is 0 Å². The Morgan fingerprint density at radius 2 is 1.77 bits per heavy atom. The number of aromatic nitrogens is 2. The monoisotopic (exact) mass is 533 g/mol. The van der Waals surface area contributed by atoms with E-state index in [1.54, 1.807) is 11.1 Å². The maximum absolute atomic E-state index is 13.9. The van der Waals surface area contributed by atoms with Gasteiger partial charge in [-0.3, -0.25) is 9.74 Å². The van der Waals surface area contributed by atoms with Crippen molar-refractivity contribution in [3.8, 4) is 6.07 Å². The standard InChI is InChI=1S/C29H33F2N7O/c1-29(2,18-32)22-10-20(17-37-7-5-36(3)6-8-37)11-25(14-22)35-27-16-28(34-19-33-27)38-26(4-9-39-38)21-12-23(30)15-24(31)13-21/h10-16,19,26H,4-9,17H2,1-3H3,(H,33,34,35)/t26-/m1/s1. The largest absolute Gasteiger partial charge is 0.340 e. The number of anilines is 3. The molecule has 3 heterocycles. The third-order valence-corrected chi connectivity index (χ3v) is 7.32. The van der Waals surface area contributed by atoms with Crippen LogP contribution >= 0.6 is 0 Å². The molecule has 0 bridgehead atoms. The molecule has 0 spiro atoms. The number of rotatable bonds is 7. The van der Waals surface area contributed by atoms with Crippen molar-refractivity contribution in [2.24, 2.45) is 0 Å². The predicted molar refractivity (Wildman–Crippen MR) is 145 cm³/mol. The number of nitrogens with zero attached hydrogens (tertiary/aromatic N) is 6. The Hall–Kier alpha value is -3.65. The highest BCUT2D eigenvalue weighted by Crippen LogP contribution is 2.35. The summed E-state index contributed by atoms with van der Waals surface area (Å²) in [6.07, 6.45) is 1.99. The molecule has 2 aromatic carbocycles. The summed E-state index contributed by atoms with van der Waals surface area (Å²) in [5.41, 5.74) is 2.67. The maximum atomic E-state index is 13.9. The Labute approximate surface area is 227 Å². The normalized spacial score (nSPS) is 18.8. The molecular formula is C29H33F2N7O. The topological polar surface area (TPSA) is 80.6 Å². The first-order valence-corrected chi connectivity index (χ1v) is 13.1. The average molecular weight is 534 g/mol. The van der Waals surface area contributed by atoms with Gasteiger partial charge in [0, 0.05) is 57.0 Å². The van der Waals surface area contributed by atoms with Crippen LogP contribution < -0.4 is 10.4 Å². The van der Waals surface area contributed by atoms with Gasteiger partial charge in [0.2, 0.25) is 0 Å². The number of benzene rings is 2. The van der Waals surface area contributed by atoms with Crippen molar-refractivity contribution in [2.45, 2.75) is 38.3 Å². The molecule has 1 aromatic heterocycles. The second-order valence-corrected chi connectivity index (χ2v) is 10.8. The Kier molecular flexibility index (Phi) is 7.75. The van der Waals surface area contributed by atoms with E-state index in [0.717, 1.165) is 55.6 Å². The highest BCUT2D eigenvalue weighted by molar-refractivity contribution is 5.62. The average Bonchev–Trinajstić information content (AvgIpc) is 3.40. The smallest absolute Gasteiger partial charge is 0.158 e. The second-order valence-electron chi connectivity index (χ2n) is 10.8. The molecule has 1 N–H and O–H groups in total. The van der Waals surface area contributed by atoms with Crippen LogP contribution in [-0.4, -0.2) is 59.6 Å². The molecule has 2 fully saturated rings. The van der Waals surface area contributed by atoms with E-state index in [4.69, 9.17) is 4.84 Å². The van der Waals surface area contributed by atoms with Crippen LogP contribution in [0.2, 0.25) is 0 Å². The van der Waals surface area contributed by atoms with E-state index in [0.29, 0.717) is 30.2 Å². The van der Waals surface area contributed by atoms with E-state index in [-0.39, 0.29) is 6.04 Å². The molecule has 204 valence electrons. The molecule has 8 nitrogen and oxygen atoms in total. The summed E-state index contributed by atoms with van der Waals surface area (Å²) >= 11 is 0. The van der Waals surface area contributed by atoms with Crippen LogP contribution in [-0.2, 0) is 16.8 Å². The van der Waals surface area contributed by atoms with E-state index >= 15 is 0 Å². The zero-order valence-corrected chi connectivity index (χ0v) is 22.5. The first-order valence-electron chi connectivity index (χ1n) is 13.1. The van der Waals surface area contributed by atoms with Crippen LogP contribution in [0, 0.1) is 23.0 Å². The summed E-state index contributed by atoms with van der Waals surface area (Å²) in [4.78, 5) is 19.3. The number of hydrogen-bond donors (Lipinski definition) is 1. The minimum Gasteiger partial charge on any atom is -0.340 e. The van der Waals surface area contributed by atoms with Crippen molar-refractivity contribution in [1.29, 1.82) is 5.26 Å². The summed E-state index contributed by atoms with van der Waals surface area (Å²) in [6, 6.07) is 13.4. The summed E-state index contributed by atoms with van der Waals surface area (Å²) in [6.45, 7) is 9.06. The highest BCUT2D eigenvalue weighted by atomic mass is 19.1. The van der Waals surface area contributed by atoms with Crippen molar-refractivity contribution in [3.63, 3.8) is 0 Å². The zero-order chi connectivity index (χ0) is 27.6. The van der Waals surface area contributed by atoms with Crippen molar-refractivity contribution in [3.05, 3.63) is 77.1 Å². The van der Waals surface area contributed by atoms with E-state index in [2.05, 4.69) is 50.3 Å². The summed E-state index contributed by atoms with van der Waals surface area (Å²) in [7, 11) is 2.14. The number of halogens is 2. The lowest BCUT2D eigenvalue weighted by molar-refractivity contribution is 0.148. The van der Waals surface area contributed by atoms with Gasteiger partial charge in [-0.25, -0.2) is 23.8 Å². The van der Waals surface area contributed by atoms with Crippen LogP contribution in [0.4, 0.5) is 26.1 Å². The van der Waals surface area contributed by atoms with Gasteiger partial charge in [0.05, 0.1) is 24.1 Å². The fourth-order valence-electron chi connectivity index (χ4n) is 4.99. The Balaban J connectivity index is 1.40. The van der Waals surface area contributed by atoms with E-state index in [9.17, 15) is 14.0 Å². The lowest BCUT2D eigenvalue weighted by Gasteiger charge is -2.32. The molecule has 0 amide bonds. The van der Waals surface area contributed by atoms with Crippen molar-refractivity contribution in [1.82, 2.24) is 19.8 Å². The van der Waals surface area contributed by atoms with E-state index in [1.807, 2.05) is 19.9 Å². The Morgan fingerprint density at radius 1 is 1.03 bits per heavy atom. The number of nitriles is 1. The third-order valence-electron chi connectivity index (χ3n) is 7.32. The van der Waals surface area contributed by atoms with Gasteiger partial charge in [0.1, 0.15) is 23.8 Å². The van der Waals surface area contributed by atoms with Crippen molar-refractivity contribution in [2.75, 3.05) is 50.2 Å². The fourth-order valence-corrected chi connectivity index (χ4v) is 4.99. The number of nitrogens with one attached hydrogen (secondary N) is 1. The summed E-state index contributed by atoms with van der Waals surface area (Å²) in [5.74, 6) is -0.244. The minimum absolute atomic E-state index is 0.382. The quantitative estimate of drug-likeness (QED) is 0.458. The van der Waals surface area contributed by atoms with Crippen molar-refractivity contribution >= 4 is 17.3 Å². The van der Waals surface area contributed by atoms with Gasteiger partial charge in [-0.05, 0) is 61.9 Å². The molecule has 39 heavy (non-hydrogen) atoms. The Morgan fingerprint density at radius 3 is 2.49 bits per heavy atom. The van der Waals surface area contributed by atoms with Gasteiger partial charge >= 0.3 is 0 Å². The molecule has 2 saturated heterocycles. The molecule has 2 aliphatic heterocycles. The van der Waals surface area contributed by atoms with Crippen LogP contribution in [0.25, 0.3) is 0 Å². The molecule has 0 aliphatic carbocycles. The van der Waals surface area contributed by atoms with Gasteiger partial charge in [0.25, 0.3) is 0 Å². The number of piperazine rings is 1. The minimum atomic E-state index is -0.664. The predicted octanol–water partition coefficient (Wildman–Crippen LogP) is 4.93. The fraction of sp³-hybridized carbons (Fsp3) is 0.414. The number of likely N-dealkylation sites (N-methyl/N-ethyl adjacent to an activating group) is 1. The number of hydrogen-bond acceptors (Lipinski definition) is 8. The molecule has 5 rings (SSSR count). The number of hydroxylamine groups is 1. The Bertz CT molecular complexity index is 1350. The molecular weight excluding hydrogens is 500 g/mol. The highest BCUT2D eigenvalue weighted by Gasteiger charge is 2.30. The lowest BCUT2D eigenvalue weighted by atomic mass is 9.85. The van der Waals surface area contributed by atoms with Gasteiger partial charge in [-0.2, -0.15) is 5.26 Å². The molecule has 10 heteroatoms. The van der Waals surface area contributed by atoms with E-state index in [1.165, 1.54) is 18.5 Å². The van der Waals surface area contributed by atoms with Crippen LogP contribution in [0.1, 0.15) is 43.0 Å².